The highest BCUT2D eigenvalue weighted by atomic mass is 16.5. The fraction of sp³-hybridized carbons (Fsp3) is 0.562. The van der Waals surface area contributed by atoms with Crippen LogP contribution in [0.2, 0.25) is 0 Å². The molecule has 0 heterocycles. The molecule has 112 valence electrons. The van der Waals surface area contributed by atoms with Gasteiger partial charge < -0.3 is 15.8 Å². The van der Waals surface area contributed by atoms with Gasteiger partial charge in [0, 0.05) is 18.7 Å². The number of carbonyl (C=O) groups is 1. The summed E-state index contributed by atoms with van der Waals surface area (Å²) in [5.74, 6) is -0.130. The first-order chi connectivity index (χ1) is 9.56. The third-order valence-corrected chi connectivity index (χ3v) is 3.70. The maximum absolute atomic E-state index is 12.3. The normalized spacial score (nSPS) is 13.0. The molecule has 0 bridgehead atoms. The van der Waals surface area contributed by atoms with Gasteiger partial charge in [-0.1, -0.05) is 44.2 Å². The molecule has 0 aromatic heterocycles. The van der Waals surface area contributed by atoms with Crippen LogP contribution in [0.25, 0.3) is 0 Å². The van der Waals surface area contributed by atoms with Gasteiger partial charge in [-0.15, -0.1) is 0 Å². The van der Waals surface area contributed by atoms with E-state index in [0.717, 1.165) is 18.4 Å². The number of benzene rings is 1. The molecule has 0 radical (unpaired) electrons. The van der Waals surface area contributed by atoms with E-state index in [2.05, 4.69) is 5.32 Å². The summed E-state index contributed by atoms with van der Waals surface area (Å²) in [6, 6.07) is 9.52. The van der Waals surface area contributed by atoms with Gasteiger partial charge in [0.2, 0.25) is 0 Å². The van der Waals surface area contributed by atoms with E-state index in [1.807, 2.05) is 51.1 Å². The number of nitrogens with two attached hydrogens (primary N) is 1. The maximum Gasteiger partial charge on any atom is 0.253 e. The highest BCUT2D eigenvalue weighted by Crippen LogP contribution is 2.18. The molecule has 1 aromatic rings. The third kappa shape index (κ3) is 4.62. The first-order valence-corrected chi connectivity index (χ1v) is 7.29. The van der Waals surface area contributed by atoms with Crippen LogP contribution in [-0.2, 0) is 9.53 Å². The minimum atomic E-state index is -0.570. The standard InChI is InChI=1S/C16H26N2O2/c1-4-16(17,5-2)12-18-15(19)14(20-6-3)13-10-8-7-9-11-13/h7-11,14H,4-6,12,17H2,1-3H3,(H,18,19). The Morgan fingerprint density at radius 3 is 2.35 bits per heavy atom. The van der Waals surface area contributed by atoms with Gasteiger partial charge in [0.1, 0.15) is 0 Å². The van der Waals surface area contributed by atoms with Crippen molar-refractivity contribution in [3.63, 3.8) is 0 Å². The molecule has 0 spiro atoms. The molecule has 0 aliphatic carbocycles. The summed E-state index contributed by atoms with van der Waals surface area (Å²) in [4.78, 5) is 12.3. The van der Waals surface area contributed by atoms with E-state index in [-0.39, 0.29) is 11.4 Å². The molecule has 20 heavy (non-hydrogen) atoms. The summed E-state index contributed by atoms with van der Waals surface area (Å²) in [7, 11) is 0. The van der Waals surface area contributed by atoms with Gasteiger partial charge in [-0.2, -0.15) is 0 Å². The second-order valence-corrected chi connectivity index (χ2v) is 5.03. The van der Waals surface area contributed by atoms with E-state index in [1.54, 1.807) is 0 Å². The van der Waals surface area contributed by atoms with Crippen molar-refractivity contribution < 1.29 is 9.53 Å². The minimum absolute atomic E-state index is 0.130. The van der Waals surface area contributed by atoms with Gasteiger partial charge in [-0.3, -0.25) is 4.79 Å². The van der Waals surface area contributed by atoms with E-state index >= 15 is 0 Å². The highest BCUT2D eigenvalue weighted by Gasteiger charge is 2.25. The van der Waals surface area contributed by atoms with Crippen molar-refractivity contribution in [3.8, 4) is 0 Å². The number of rotatable bonds is 8. The lowest BCUT2D eigenvalue weighted by molar-refractivity contribution is -0.133. The van der Waals surface area contributed by atoms with Gasteiger partial charge in [0.15, 0.2) is 6.10 Å². The van der Waals surface area contributed by atoms with Gasteiger partial charge >= 0.3 is 0 Å². The Bertz CT molecular complexity index is 402. The predicted octanol–water partition coefficient (Wildman–Crippen LogP) is 2.40. The molecule has 3 N–H and O–H groups in total. The Morgan fingerprint density at radius 1 is 1.25 bits per heavy atom. The second-order valence-electron chi connectivity index (χ2n) is 5.03. The Hall–Kier alpha value is -1.39. The molecule has 1 atom stereocenters. The van der Waals surface area contributed by atoms with Crippen molar-refractivity contribution in [3.05, 3.63) is 35.9 Å². The van der Waals surface area contributed by atoms with Gasteiger partial charge in [0.05, 0.1) is 0 Å². The van der Waals surface area contributed by atoms with Crippen molar-refractivity contribution in [2.24, 2.45) is 5.73 Å². The molecular formula is C16H26N2O2. The lowest BCUT2D eigenvalue weighted by Gasteiger charge is -2.28. The summed E-state index contributed by atoms with van der Waals surface area (Å²) in [5.41, 5.74) is 6.72. The zero-order valence-corrected chi connectivity index (χ0v) is 12.7. The average Bonchev–Trinajstić information content (AvgIpc) is 2.50. The molecule has 0 fully saturated rings. The Labute approximate surface area is 121 Å². The zero-order valence-electron chi connectivity index (χ0n) is 12.7. The van der Waals surface area contributed by atoms with Gasteiger partial charge in [-0.05, 0) is 25.3 Å². The number of carbonyl (C=O) groups excluding carboxylic acids is 1. The number of hydrogen-bond acceptors (Lipinski definition) is 3. The van der Waals surface area contributed by atoms with E-state index in [4.69, 9.17) is 10.5 Å². The van der Waals surface area contributed by atoms with Crippen LogP contribution in [0.4, 0.5) is 0 Å². The minimum Gasteiger partial charge on any atom is -0.364 e. The molecule has 0 aliphatic rings. The van der Waals surface area contributed by atoms with Crippen molar-refractivity contribution in [2.75, 3.05) is 13.2 Å². The Balaban J connectivity index is 2.71. The van der Waals surface area contributed by atoms with Crippen LogP contribution in [-0.4, -0.2) is 24.6 Å². The molecule has 4 heteroatoms. The van der Waals surface area contributed by atoms with E-state index in [1.165, 1.54) is 0 Å². The quantitative estimate of drug-likeness (QED) is 0.767. The number of ether oxygens (including phenoxy) is 1. The summed E-state index contributed by atoms with van der Waals surface area (Å²) >= 11 is 0. The first kappa shape index (κ1) is 16.7. The number of hydrogen-bond donors (Lipinski definition) is 2. The third-order valence-electron chi connectivity index (χ3n) is 3.70. The zero-order chi connectivity index (χ0) is 15.0. The first-order valence-electron chi connectivity index (χ1n) is 7.29. The fourth-order valence-corrected chi connectivity index (χ4v) is 1.97. The van der Waals surface area contributed by atoms with Crippen LogP contribution < -0.4 is 11.1 Å². The van der Waals surface area contributed by atoms with Crippen LogP contribution in [0.5, 0.6) is 0 Å². The fourth-order valence-electron chi connectivity index (χ4n) is 1.97. The van der Waals surface area contributed by atoms with Crippen molar-refractivity contribution in [1.82, 2.24) is 5.32 Å². The molecule has 4 nitrogen and oxygen atoms in total. The van der Waals surface area contributed by atoms with Crippen LogP contribution in [0.1, 0.15) is 45.3 Å². The van der Waals surface area contributed by atoms with Crippen LogP contribution in [0, 0.1) is 0 Å². The van der Waals surface area contributed by atoms with Crippen LogP contribution in [0.3, 0.4) is 0 Å². The lowest BCUT2D eigenvalue weighted by atomic mass is 9.94. The molecule has 0 saturated heterocycles. The van der Waals surface area contributed by atoms with Crippen LogP contribution in [0.15, 0.2) is 30.3 Å². The van der Waals surface area contributed by atoms with E-state index in [9.17, 15) is 4.79 Å². The summed E-state index contributed by atoms with van der Waals surface area (Å²) in [6.07, 6.45) is 1.09. The molecule has 1 rings (SSSR count). The Morgan fingerprint density at radius 2 is 1.85 bits per heavy atom. The summed E-state index contributed by atoms with van der Waals surface area (Å²) < 4.78 is 5.57. The maximum atomic E-state index is 12.3. The monoisotopic (exact) mass is 278 g/mol. The molecule has 0 aliphatic heterocycles. The SMILES string of the molecule is CCOC(C(=O)NCC(N)(CC)CC)c1ccccc1. The topological polar surface area (TPSA) is 64.3 Å². The summed E-state index contributed by atoms with van der Waals surface area (Å²) in [5, 5.41) is 2.92. The van der Waals surface area contributed by atoms with Crippen molar-refractivity contribution in [2.45, 2.75) is 45.3 Å². The van der Waals surface area contributed by atoms with Crippen LogP contribution >= 0.6 is 0 Å². The Kier molecular flexibility index (Phi) is 6.68. The molecule has 1 unspecified atom stereocenters. The van der Waals surface area contributed by atoms with Gasteiger partial charge in [-0.25, -0.2) is 0 Å². The smallest absolute Gasteiger partial charge is 0.253 e. The van der Waals surface area contributed by atoms with Gasteiger partial charge in [0.25, 0.3) is 5.91 Å². The second kappa shape index (κ2) is 8.02. The average molecular weight is 278 g/mol. The van der Waals surface area contributed by atoms with Crippen molar-refractivity contribution >= 4 is 5.91 Å². The molecule has 1 amide bonds. The number of amides is 1. The van der Waals surface area contributed by atoms with E-state index in [0.29, 0.717) is 13.2 Å². The highest BCUT2D eigenvalue weighted by molar-refractivity contribution is 5.82. The molecule has 0 saturated carbocycles. The molecular weight excluding hydrogens is 252 g/mol. The largest absolute Gasteiger partial charge is 0.364 e. The predicted molar refractivity (Wildman–Crippen MR) is 81.3 cm³/mol. The number of nitrogens with one attached hydrogen (secondary N) is 1. The van der Waals surface area contributed by atoms with E-state index < -0.39 is 6.10 Å². The van der Waals surface area contributed by atoms with Crippen molar-refractivity contribution in [1.29, 1.82) is 0 Å². The lowest BCUT2D eigenvalue weighted by Crippen LogP contribution is -2.50. The molecule has 1 aromatic carbocycles. The summed E-state index contributed by atoms with van der Waals surface area (Å²) in [6.45, 7) is 6.91.